The topological polar surface area (TPSA) is 64.6 Å². The van der Waals surface area contributed by atoms with Crippen molar-refractivity contribution >= 4 is 31.1 Å². The Labute approximate surface area is 216 Å². The summed E-state index contributed by atoms with van der Waals surface area (Å²) >= 11 is 0. The van der Waals surface area contributed by atoms with Crippen LogP contribution >= 0.6 is 0 Å². The molecule has 1 amide bonds. The molecule has 6 heteroatoms. The molecule has 0 bridgehead atoms. The van der Waals surface area contributed by atoms with Crippen molar-refractivity contribution in [3.8, 4) is 5.75 Å². The van der Waals surface area contributed by atoms with Crippen LogP contribution in [0.15, 0.2) is 84.9 Å². The van der Waals surface area contributed by atoms with E-state index in [0.717, 1.165) is 17.6 Å². The quantitative estimate of drug-likeness (QED) is 0.336. The second-order valence-corrected chi connectivity index (χ2v) is 15.2. The second-order valence-electron chi connectivity index (χ2n) is 11.0. The van der Waals surface area contributed by atoms with E-state index in [9.17, 15) is 9.59 Å². The normalized spacial score (nSPS) is 12.9. The maximum absolute atomic E-state index is 12.1. The number of carbonyl (C=O) groups excluding carboxylic acids is 2. The predicted octanol–water partition coefficient (Wildman–Crippen LogP) is 5.26. The maximum Gasteiger partial charge on any atom is 0.408 e. The highest BCUT2D eigenvalue weighted by Gasteiger charge is 2.52. The molecular weight excluding hydrogens is 466 g/mol. The lowest BCUT2D eigenvalue weighted by Gasteiger charge is -2.43. The average Bonchev–Trinajstić information content (AvgIpc) is 2.82. The van der Waals surface area contributed by atoms with Crippen LogP contribution in [0.4, 0.5) is 4.79 Å². The van der Waals surface area contributed by atoms with Gasteiger partial charge in [0.15, 0.2) is 0 Å². The molecule has 36 heavy (non-hydrogen) atoms. The predicted molar refractivity (Wildman–Crippen MR) is 148 cm³/mol. The van der Waals surface area contributed by atoms with Crippen molar-refractivity contribution in [1.82, 2.24) is 5.32 Å². The van der Waals surface area contributed by atoms with E-state index in [1.54, 1.807) is 20.8 Å². The van der Waals surface area contributed by atoms with Crippen LogP contribution in [-0.4, -0.2) is 32.3 Å². The van der Waals surface area contributed by atoms with Crippen molar-refractivity contribution in [2.24, 2.45) is 0 Å². The van der Waals surface area contributed by atoms with E-state index in [2.05, 4.69) is 74.6 Å². The minimum absolute atomic E-state index is 0.145. The molecule has 0 aliphatic heterocycles. The number of amides is 1. The molecule has 3 aromatic carbocycles. The number of alkyl carbamates (subject to hydrolysis) is 1. The van der Waals surface area contributed by atoms with Gasteiger partial charge in [-0.2, -0.15) is 0 Å². The Morgan fingerprint density at radius 2 is 1.33 bits per heavy atom. The zero-order valence-electron chi connectivity index (χ0n) is 22.1. The lowest BCUT2D eigenvalue weighted by Crippen LogP contribution is -2.68. The minimum Gasteiger partial charge on any atom is -0.534 e. The van der Waals surface area contributed by atoms with E-state index in [-0.39, 0.29) is 5.04 Å². The van der Waals surface area contributed by atoms with Crippen molar-refractivity contribution in [2.45, 2.75) is 64.6 Å². The molecular formula is C30H37NO4Si. The van der Waals surface area contributed by atoms with Crippen LogP contribution in [0.3, 0.4) is 0 Å². The monoisotopic (exact) mass is 503 g/mol. The summed E-state index contributed by atoms with van der Waals surface area (Å²) < 4.78 is 12.3. The Bertz CT molecular complexity index is 1090. The minimum atomic E-state index is -2.72. The molecule has 0 fully saturated rings. The smallest absolute Gasteiger partial charge is 0.408 e. The molecule has 0 aromatic heterocycles. The van der Waals surface area contributed by atoms with Crippen LogP contribution in [0, 0.1) is 0 Å². The number of carbonyl (C=O) groups is 2. The van der Waals surface area contributed by atoms with Crippen molar-refractivity contribution in [2.75, 3.05) is 0 Å². The van der Waals surface area contributed by atoms with Gasteiger partial charge in [0.25, 0.3) is 0 Å². The first-order valence-corrected chi connectivity index (χ1v) is 14.2. The van der Waals surface area contributed by atoms with Crippen molar-refractivity contribution in [3.05, 3.63) is 90.5 Å². The van der Waals surface area contributed by atoms with Gasteiger partial charge in [0.05, 0.1) is 6.04 Å². The number of ether oxygens (including phenoxy) is 1. The average molecular weight is 504 g/mol. The summed E-state index contributed by atoms with van der Waals surface area (Å²) in [5, 5.41) is 4.90. The Hall–Kier alpha value is -3.38. The summed E-state index contributed by atoms with van der Waals surface area (Å²) in [5.41, 5.74) is 0.287. The fraction of sp³-hybridized carbons (Fsp3) is 0.333. The van der Waals surface area contributed by atoms with Crippen LogP contribution in [0.25, 0.3) is 0 Å². The van der Waals surface area contributed by atoms with Gasteiger partial charge < -0.3 is 19.3 Å². The summed E-state index contributed by atoms with van der Waals surface area (Å²) in [6.07, 6.45) is 0.491. The molecule has 190 valence electrons. The zero-order valence-corrected chi connectivity index (χ0v) is 23.1. The van der Waals surface area contributed by atoms with Gasteiger partial charge in [-0.25, -0.2) is 4.79 Å². The molecule has 5 nitrogen and oxygen atoms in total. The lowest BCUT2D eigenvalue weighted by atomic mass is 10.1. The standard InChI is InChI=1S/C30H37NO4Si/c1-29(2,3)34-28(33)31-24(22-32)21-23-17-19-25(20-18-23)35-36(30(4,5)6,26-13-9-7-10-14-26)27-15-11-8-12-16-27/h7-20,22,24H,21H2,1-6H3,(H,31,33). The van der Waals surface area contributed by atoms with Gasteiger partial charge >= 0.3 is 14.4 Å². The number of benzene rings is 3. The Balaban J connectivity index is 1.88. The first-order valence-electron chi connectivity index (χ1n) is 12.3. The van der Waals surface area contributed by atoms with Gasteiger partial charge in [-0.1, -0.05) is 93.6 Å². The largest absolute Gasteiger partial charge is 0.534 e. The first kappa shape index (κ1) is 27.2. The van der Waals surface area contributed by atoms with Crippen molar-refractivity contribution in [1.29, 1.82) is 0 Å². The molecule has 1 atom stereocenters. The maximum atomic E-state index is 12.1. The van der Waals surface area contributed by atoms with E-state index in [1.807, 2.05) is 36.4 Å². The molecule has 0 saturated carbocycles. The van der Waals surface area contributed by atoms with E-state index < -0.39 is 26.1 Å². The van der Waals surface area contributed by atoms with Gasteiger partial charge in [0, 0.05) is 0 Å². The molecule has 0 heterocycles. The van der Waals surface area contributed by atoms with Crippen LogP contribution < -0.4 is 20.1 Å². The second kappa shape index (κ2) is 11.1. The summed E-state index contributed by atoms with van der Waals surface area (Å²) in [7, 11) is -2.72. The van der Waals surface area contributed by atoms with Crippen LogP contribution in [0.5, 0.6) is 5.75 Å². The molecule has 3 rings (SSSR count). The van der Waals surface area contributed by atoms with E-state index in [1.165, 1.54) is 10.4 Å². The molecule has 0 radical (unpaired) electrons. The van der Waals surface area contributed by atoms with E-state index in [0.29, 0.717) is 6.42 Å². The highest BCUT2D eigenvalue weighted by Crippen LogP contribution is 2.37. The van der Waals surface area contributed by atoms with Crippen LogP contribution in [0.2, 0.25) is 5.04 Å². The fourth-order valence-corrected chi connectivity index (χ4v) is 8.79. The number of aldehydes is 1. The molecule has 0 spiro atoms. The van der Waals surface area contributed by atoms with Crippen LogP contribution in [-0.2, 0) is 16.0 Å². The van der Waals surface area contributed by atoms with E-state index in [4.69, 9.17) is 9.16 Å². The molecule has 0 aliphatic rings. The highest BCUT2D eigenvalue weighted by atomic mass is 28.4. The summed E-state index contributed by atoms with van der Waals surface area (Å²) in [5.74, 6) is 0.774. The molecule has 3 aromatic rings. The van der Waals surface area contributed by atoms with Gasteiger partial charge in [-0.3, -0.25) is 0 Å². The molecule has 0 aliphatic carbocycles. The van der Waals surface area contributed by atoms with Gasteiger partial charge in [-0.15, -0.1) is 0 Å². The fourth-order valence-electron chi connectivity index (χ4n) is 4.37. The summed E-state index contributed by atoms with van der Waals surface area (Å²) in [6, 6.07) is 28.1. The SMILES string of the molecule is CC(C)(C)OC(=O)NC(C=O)Cc1ccc(O[Si](c2ccccc2)(c2ccccc2)C(C)(C)C)cc1. The van der Waals surface area contributed by atoms with Crippen molar-refractivity contribution < 1.29 is 18.8 Å². The van der Waals surface area contributed by atoms with Gasteiger partial charge in [0.1, 0.15) is 17.6 Å². The highest BCUT2D eigenvalue weighted by molar-refractivity contribution is 7.00. The van der Waals surface area contributed by atoms with Gasteiger partial charge in [-0.05, 0) is 60.3 Å². The van der Waals surface area contributed by atoms with E-state index >= 15 is 0 Å². The molecule has 0 saturated heterocycles. The number of rotatable bonds is 8. The Morgan fingerprint density at radius 3 is 1.75 bits per heavy atom. The Morgan fingerprint density at radius 1 is 0.833 bits per heavy atom. The molecule has 1 unspecified atom stereocenters. The lowest BCUT2D eigenvalue weighted by molar-refractivity contribution is -0.109. The van der Waals surface area contributed by atoms with Crippen LogP contribution in [0.1, 0.15) is 47.1 Å². The summed E-state index contributed by atoms with van der Waals surface area (Å²) in [4.78, 5) is 23.7. The Kier molecular flexibility index (Phi) is 8.41. The zero-order chi connectivity index (χ0) is 26.4. The number of hydrogen-bond acceptors (Lipinski definition) is 4. The van der Waals surface area contributed by atoms with Gasteiger partial charge in [0.2, 0.25) is 0 Å². The third kappa shape index (κ3) is 6.64. The third-order valence-corrected chi connectivity index (χ3v) is 10.9. The third-order valence-electron chi connectivity index (χ3n) is 5.93. The number of hydrogen-bond donors (Lipinski definition) is 1. The summed E-state index contributed by atoms with van der Waals surface area (Å²) in [6.45, 7) is 12.1. The van der Waals surface area contributed by atoms with Crippen molar-refractivity contribution in [3.63, 3.8) is 0 Å². The first-order chi connectivity index (χ1) is 16.9. The molecule has 1 N–H and O–H groups in total. The number of nitrogens with one attached hydrogen (secondary N) is 1.